The number of ether oxygens (including phenoxy) is 1. The lowest BCUT2D eigenvalue weighted by molar-refractivity contribution is 0.328. The Balaban J connectivity index is 2.09. The van der Waals surface area contributed by atoms with Crippen molar-refractivity contribution in [2.45, 2.75) is 27.3 Å². The van der Waals surface area contributed by atoms with E-state index >= 15 is 0 Å². The van der Waals surface area contributed by atoms with Gasteiger partial charge in [-0.15, -0.1) is 0 Å². The predicted octanol–water partition coefficient (Wildman–Crippen LogP) is 1.67. The number of rotatable bonds is 5. The van der Waals surface area contributed by atoms with Crippen molar-refractivity contribution in [3.05, 3.63) is 23.7 Å². The van der Waals surface area contributed by atoms with Gasteiger partial charge in [0.1, 0.15) is 17.8 Å². The number of aryl methyl sites for hydroxylation is 2. The van der Waals surface area contributed by atoms with E-state index in [1.807, 2.05) is 20.8 Å². The summed E-state index contributed by atoms with van der Waals surface area (Å²) in [5.41, 5.74) is 7.16. The van der Waals surface area contributed by atoms with Crippen LogP contribution in [0.5, 0.6) is 5.88 Å². The lowest BCUT2D eigenvalue weighted by Gasteiger charge is -2.09. The van der Waals surface area contributed by atoms with Gasteiger partial charge in [0.15, 0.2) is 5.82 Å². The molecule has 3 N–H and O–H groups in total. The molecule has 2 aromatic heterocycles. The summed E-state index contributed by atoms with van der Waals surface area (Å²) in [6.45, 7) is 6.54. The van der Waals surface area contributed by atoms with Crippen molar-refractivity contribution in [1.82, 2.24) is 15.0 Å². The molecule has 7 heteroatoms. The van der Waals surface area contributed by atoms with Gasteiger partial charge in [-0.1, -0.05) is 0 Å². The van der Waals surface area contributed by atoms with Crippen molar-refractivity contribution < 1.29 is 9.15 Å². The number of hydrogen-bond acceptors (Lipinski definition) is 7. The van der Waals surface area contributed by atoms with Gasteiger partial charge in [-0.2, -0.15) is 4.98 Å². The van der Waals surface area contributed by atoms with E-state index in [1.165, 1.54) is 6.33 Å². The summed E-state index contributed by atoms with van der Waals surface area (Å²) in [5.74, 6) is 2.28. The van der Waals surface area contributed by atoms with Crippen LogP contribution in [0.4, 0.5) is 11.5 Å². The normalized spacial score (nSPS) is 10.5. The van der Waals surface area contributed by atoms with Crippen molar-refractivity contribution >= 4 is 11.5 Å². The molecule has 0 radical (unpaired) electrons. The van der Waals surface area contributed by atoms with Crippen molar-refractivity contribution in [2.75, 3.05) is 17.7 Å². The molecular weight excluding hydrogens is 246 g/mol. The SMILES string of the molecule is CCOc1ncnc(NCc2nc(C)c(C)o2)c1N. The van der Waals surface area contributed by atoms with Gasteiger partial charge >= 0.3 is 0 Å². The molecule has 102 valence electrons. The second-order valence-corrected chi connectivity index (χ2v) is 3.98. The Morgan fingerprint density at radius 3 is 2.79 bits per heavy atom. The number of nitrogens with one attached hydrogen (secondary N) is 1. The van der Waals surface area contributed by atoms with Crippen LogP contribution in [0.1, 0.15) is 24.3 Å². The van der Waals surface area contributed by atoms with E-state index in [0.717, 1.165) is 11.5 Å². The second kappa shape index (κ2) is 5.55. The first-order valence-electron chi connectivity index (χ1n) is 6.01. The largest absolute Gasteiger partial charge is 0.476 e. The zero-order chi connectivity index (χ0) is 13.8. The maximum Gasteiger partial charge on any atom is 0.242 e. The third-order valence-corrected chi connectivity index (χ3v) is 2.61. The monoisotopic (exact) mass is 263 g/mol. The molecular formula is C12H17N5O2. The molecule has 19 heavy (non-hydrogen) atoms. The Bertz CT molecular complexity index is 548. The molecule has 0 unspecified atom stereocenters. The van der Waals surface area contributed by atoms with Crippen molar-refractivity contribution in [3.8, 4) is 5.88 Å². The maximum absolute atomic E-state index is 5.91. The number of nitrogens with two attached hydrogens (primary N) is 1. The van der Waals surface area contributed by atoms with Gasteiger partial charge < -0.3 is 20.2 Å². The summed E-state index contributed by atoms with van der Waals surface area (Å²) in [4.78, 5) is 12.3. The Labute approximate surface area is 111 Å². The number of oxazole rings is 1. The minimum absolute atomic E-state index is 0.375. The van der Waals surface area contributed by atoms with Gasteiger partial charge in [0.2, 0.25) is 11.8 Å². The van der Waals surface area contributed by atoms with Crippen LogP contribution in [0.25, 0.3) is 0 Å². The molecule has 0 bridgehead atoms. The fraction of sp³-hybridized carbons (Fsp3) is 0.417. The Morgan fingerprint density at radius 2 is 2.16 bits per heavy atom. The minimum Gasteiger partial charge on any atom is -0.476 e. The van der Waals surface area contributed by atoms with Crippen LogP contribution in [0.15, 0.2) is 10.7 Å². The zero-order valence-corrected chi connectivity index (χ0v) is 11.2. The van der Waals surface area contributed by atoms with Crippen molar-refractivity contribution in [1.29, 1.82) is 0 Å². The van der Waals surface area contributed by atoms with E-state index < -0.39 is 0 Å². The molecule has 0 saturated carbocycles. The van der Waals surface area contributed by atoms with Gasteiger partial charge in [0, 0.05) is 0 Å². The Hall–Kier alpha value is -2.31. The predicted molar refractivity (Wildman–Crippen MR) is 70.9 cm³/mol. The lowest BCUT2D eigenvalue weighted by atomic mass is 10.4. The van der Waals surface area contributed by atoms with Crippen molar-refractivity contribution in [2.24, 2.45) is 0 Å². The molecule has 2 heterocycles. The summed E-state index contributed by atoms with van der Waals surface area (Å²) in [6.07, 6.45) is 1.40. The molecule has 7 nitrogen and oxygen atoms in total. The van der Waals surface area contributed by atoms with Crippen LogP contribution in [-0.2, 0) is 6.54 Å². The van der Waals surface area contributed by atoms with Gasteiger partial charge in [-0.3, -0.25) is 0 Å². The fourth-order valence-electron chi connectivity index (χ4n) is 1.55. The van der Waals surface area contributed by atoms with E-state index in [1.54, 1.807) is 0 Å². The Morgan fingerprint density at radius 1 is 1.37 bits per heavy atom. The van der Waals surface area contributed by atoms with Crippen LogP contribution in [0.3, 0.4) is 0 Å². The van der Waals surface area contributed by atoms with E-state index in [2.05, 4.69) is 20.3 Å². The molecule has 0 aliphatic heterocycles. The van der Waals surface area contributed by atoms with Crippen LogP contribution >= 0.6 is 0 Å². The fourth-order valence-corrected chi connectivity index (χ4v) is 1.55. The highest BCUT2D eigenvalue weighted by Crippen LogP contribution is 2.24. The average Bonchev–Trinajstić information content (AvgIpc) is 2.70. The molecule has 0 aliphatic carbocycles. The minimum atomic E-state index is 0.375. The van der Waals surface area contributed by atoms with Crippen LogP contribution in [0.2, 0.25) is 0 Å². The third-order valence-electron chi connectivity index (χ3n) is 2.61. The highest BCUT2D eigenvalue weighted by atomic mass is 16.5. The maximum atomic E-state index is 5.91. The number of anilines is 2. The van der Waals surface area contributed by atoms with Gasteiger partial charge in [-0.05, 0) is 20.8 Å². The molecule has 2 rings (SSSR count). The van der Waals surface area contributed by atoms with E-state index in [4.69, 9.17) is 14.9 Å². The molecule has 0 spiro atoms. The van der Waals surface area contributed by atoms with Crippen LogP contribution in [0, 0.1) is 13.8 Å². The first-order chi connectivity index (χ1) is 9.11. The Kier molecular flexibility index (Phi) is 3.84. The first-order valence-corrected chi connectivity index (χ1v) is 6.01. The van der Waals surface area contributed by atoms with Gasteiger partial charge in [0.25, 0.3) is 0 Å². The zero-order valence-electron chi connectivity index (χ0n) is 11.2. The van der Waals surface area contributed by atoms with Crippen LogP contribution in [-0.4, -0.2) is 21.6 Å². The quantitative estimate of drug-likeness (QED) is 0.846. The molecule has 0 aromatic carbocycles. The number of hydrogen-bond donors (Lipinski definition) is 2. The number of nitrogen functional groups attached to an aromatic ring is 1. The molecule has 0 atom stereocenters. The van der Waals surface area contributed by atoms with Crippen molar-refractivity contribution in [3.63, 3.8) is 0 Å². The summed E-state index contributed by atoms with van der Waals surface area (Å²) in [7, 11) is 0. The number of nitrogens with zero attached hydrogens (tertiary/aromatic N) is 3. The standard InChI is InChI=1S/C12H17N5O2/c1-4-18-12-10(13)11(15-6-16-12)14-5-9-17-7(2)8(3)19-9/h6H,4-5,13H2,1-3H3,(H,14,15,16). The second-order valence-electron chi connectivity index (χ2n) is 3.98. The van der Waals surface area contributed by atoms with E-state index in [0.29, 0.717) is 36.4 Å². The highest BCUT2D eigenvalue weighted by molar-refractivity contribution is 5.66. The molecule has 0 aliphatic rings. The lowest BCUT2D eigenvalue weighted by Crippen LogP contribution is -2.08. The summed E-state index contributed by atoms with van der Waals surface area (Å²) in [5, 5.41) is 3.06. The first kappa shape index (κ1) is 13.1. The van der Waals surface area contributed by atoms with Crippen LogP contribution < -0.4 is 15.8 Å². The summed E-state index contributed by atoms with van der Waals surface area (Å²) >= 11 is 0. The molecule has 2 aromatic rings. The van der Waals surface area contributed by atoms with Gasteiger partial charge in [-0.25, -0.2) is 9.97 Å². The third kappa shape index (κ3) is 2.93. The summed E-state index contributed by atoms with van der Waals surface area (Å²) in [6, 6.07) is 0. The van der Waals surface area contributed by atoms with E-state index in [-0.39, 0.29) is 0 Å². The van der Waals surface area contributed by atoms with E-state index in [9.17, 15) is 0 Å². The van der Waals surface area contributed by atoms with Gasteiger partial charge in [0.05, 0.1) is 18.8 Å². The highest BCUT2D eigenvalue weighted by Gasteiger charge is 2.10. The average molecular weight is 263 g/mol. The molecule has 0 fully saturated rings. The number of aromatic nitrogens is 3. The topological polar surface area (TPSA) is 99.1 Å². The molecule has 0 amide bonds. The smallest absolute Gasteiger partial charge is 0.242 e. The molecule has 0 saturated heterocycles. The summed E-state index contributed by atoms with van der Waals surface area (Å²) < 4.78 is 10.8.